The molecule has 126 valence electrons. The molecule has 0 aromatic carbocycles. The van der Waals surface area contributed by atoms with Crippen molar-refractivity contribution in [2.45, 2.75) is 51.0 Å². The highest BCUT2D eigenvalue weighted by molar-refractivity contribution is 5.90. The Hall–Kier alpha value is -1.69. The molecule has 3 rings (SSSR count). The lowest BCUT2D eigenvalue weighted by molar-refractivity contribution is 0.0691. The summed E-state index contributed by atoms with van der Waals surface area (Å²) in [4.78, 5) is 21.9. The van der Waals surface area contributed by atoms with E-state index in [0.29, 0.717) is 11.7 Å². The Morgan fingerprint density at radius 2 is 1.96 bits per heavy atom. The quantitative estimate of drug-likeness (QED) is 0.869. The van der Waals surface area contributed by atoms with Crippen molar-refractivity contribution in [1.82, 2.24) is 14.9 Å². The molecule has 1 saturated heterocycles. The molecule has 0 amide bonds. The fraction of sp³-hybridized carbons (Fsp3) is 0.706. The molecule has 0 radical (unpaired) electrons. The van der Waals surface area contributed by atoms with Crippen LogP contribution in [0.1, 0.15) is 55.4 Å². The largest absolute Gasteiger partial charge is 0.476 e. The fourth-order valence-corrected chi connectivity index (χ4v) is 3.91. The van der Waals surface area contributed by atoms with Gasteiger partial charge in [0.05, 0.1) is 0 Å². The van der Waals surface area contributed by atoms with Crippen LogP contribution in [0.2, 0.25) is 0 Å². The van der Waals surface area contributed by atoms with Gasteiger partial charge in [0.2, 0.25) is 0 Å². The third-order valence-corrected chi connectivity index (χ3v) is 5.10. The first-order valence-electron chi connectivity index (χ1n) is 8.76. The van der Waals surface area contributed by atoms with Gasteiger partial charge in [-0.1, -0.05) is 19.3 Å². The van der Waals surface area contributed by atoms with E-state index in [1.807, 2.05) is 0 Å². The van der Waals surface area contributed by atoms with Crippen LogP contribution >= 0.6 is 0 Å². The number of aromatic nitrogens is 2. The molecule has 0 bridgehead atoms. The zero-order valence-corrected chi connectivity index (χ0v) is 13.6. The minimum Gasteiger partial charge on any atom is -0.476 e. The van der Waals surface area contributed by atoms with Crippen LogP contribution in [-0.4, -0.2) is 51.6 Å². The highest BCUT2D eigenvalue weighted by Crippen LogP contribution is 2.27. The normalized spacial score (nSPS) is 23.6. The van der Waals surface area contributed by atoms with Gasteiger partial charge in [-0.05, 0) is 38.1 Å². The molecule has 2 fully saturated rings. The Morgan fingerprint density at radius 1 is 1.17 bits per heavy atom. The van der Waals surface area contributed by atoms with E-state index in [1.165, 1.54) is 63.9 Å². The van der Waals surface area contributed by atoms with Gasteiger partial charge in [-0.2, -0.15) is 0 Å². The van der Waals surface area contributed by atoms with Gasteiger partial charge in [0.15, 0.2) is 11.5 Å². The third kappa shape index (κ3) is 4.19. The van der Waals surface area contributed by atoms with Crippen LogP contribution in [0.5, 0.6) is 0 Å². The molecule has 23 heavy (non-hydrogen) atoms. The van der Waals surface area contributed by atoms with E-state index >= 15 is 0 Å². The zero-order valence-electron chi connectivity index (χ0n) is 13.6. The number of nitrogens with zero attached hydrogens (tertiary/aromatic N) is 3. The maximum absolute atomic E-state index is 11.2. The first kappa shape index (κ1) is 16.2. The Balaban J connectivity index is 1.55. The number of carbonyl (C=O) groups is 1. The van der Waals surface area contributed by atoms with Crippen molar-refractivity contribution in [1.29, 1.82) is 0 Å². The number of hydrogen-bond acceptors (Lipinski definition) is 5. The van der Waals surface area contributed by atoms with Gasteiger partial charge in [0.25, 0.3) is 0 Å². The topological polar surface area (TPSA) is 78.3 Å². The number of likely N-dealkylation sites (tertiary alicyclic amines) is 1. The number of piperidine rings is 1. The van der Waals surface area contributed by atoms with Crippen LogP contribution in [0.4, 0.5) is 5.82 Å². The van der Waals surface area contributed by atoms with Crippen LogP contribution in [0.3, 0.4) is 0 Å². The molecule has 1 unspecified atom stereocenters. The van der Waals surface area contributed by atoms with E-state index in [1.54, 1.807) is 0 Å². The summed E-state index contributed by atoms with van der Waals surface area (Å²) in [5.41, 5.74) is 0.00689. The maximum atomic E-state index is 11.2. The first-order valence-corrected chi connectivity index (χ1v) is 8.76. The van der Waals surface area contributed by atoms with Gasteiger partial charge in [0, 0.05) is 31.5 Å². The average Bonchev–Trinajstić information content (AvgIpc) is 2.61. The van der Waals surface area contributed by atoms with Crippen molar-refractivity contribution in [3.8, 4) is 0 Å². The molecular formula is C17H26N4O2. The third-order valence-electron chi connectivity index (χ3n) is 5.10. The van der Waals surface area contributed by atoms with Crippen LogP contribution < -0.4 is 5.32 Å². The summed E-state index contributed by atoms with van der Waals surface area (Å²) in [6.45, 7) is 3.09. The number of rotatable bonds is 5. The molecule has 6 heteroatoms. The molecule has 2 aliphatic rings. The number of hydrogen-bond donors (Lipinski definition) is 2. The number of carboxylic acids is 1. The van der Waals surface area contributed by atoms with Crippen molar-refractivity contribution in [2.75, 3.05) is 25.0 Å². The predicted octanol–water partition coefficient (Wildman–Crippen LogP) is 2.63. The molecule has 2 heterocycles. The van der Waals surface area contributed by atoms with Crippen molar-refractivity contribution in [3.63, 3.8) is 0 Å². The van der Waals surface area contributed by atoms with Gasteiger partial charge in [0.1, 0.15) is 0 Å². The Kier molecular flexibility index (Phi) is 5.43. The maximum Gasteiger partial charge on any atom is 0.358 e. The molecular weight excluding hydrogens is 292 g/mol. The van der Waals surface area contributed by atoms with Gasteiger partial charge >= 0.3 is 5.97 Å². The van der Waals surface area contributed by atoms with Gasteiger partial charge < -0.3 is 15.3 Å². The van der Waals surface area contributed by atoms with E-state index in [2.05, 4.69) is 20.2 Å². The van der Waals surface area contributed by atoms with Crippen LogP contribution in [0.15, 0.2) is 12.4 Å². The monoisotopic (exact) mass is 318 g/mol. The average molecular weight is 318 g/mol. The SMILES string of the molecule is O=C(O)c1nccnc1NCC1CCCN(C2CCCCC2)C1. The summed E-state index contributed by atoms with van der Waals surface area (Å²) in [5, 5.41) is 12.4. The molecule has 6 nitrogen and oxygen atoms in total. The Morgan fingerprint density at radius 3 is 2.74 bits per heavy atom. The summed E-state index contributed by atoms with van der Waals surface area (Å²) >= 11 is 0. The van der Waals surface area contributed by atoms with Crippen molar-refractivity contribution < 1.29 is 9.90 Å². The predicted molar refractivity (Wildman–Crippen MR) is 88.7 cm³/mol. The fourth-order valence-electron chi connectivity index (χ4n) is 3.91. The Bertz CT molecular complexity index is 531. The number of anilines is 1. The van der Waals surface area contributed by atoms with Gasteiger partial charge in [-0.25, -0.2) is 14.8 Å². The molecule has 0 spiro atoms. The van der Waals surface area contributed by atoms with E-state index in [0.717, 1.165) is 19.1 Å². The smallest absolute Gasteiger partial charge is 0.358 e. The molecule has 1 aromatic rings. The second-order valence-electron chi connectivity index (χ2n) is 6.73. The highest BCUT2D eigenvalue weighted by Gasteiger charge is 2.27. The molecule has 2 N–H and O–H groups in total. The number of aromatic carboxylic acids is 1. The lowest BCUT2D eigenvalue weighted by Crippen LogP contribution is -2.45. The highest BCUT2D eigenvalue weighted by atomic mass is 16.4. The van der Waals surface area contributed by atoms with Gasteiger partial charge in [-0.15, -0.1) is 0 Å². The van der Waals surface area contributed by atoms with Crippen molar-refractivity contribution >= 4 is 11.8 Å². The van der Waals surface area contributed by atoms with Gasteiger partial charge in [-0.3, -0.25) is 0 Å². The molecule has 1 aromatic heterocycles. The lowest BCUT2D eigenvalue weighted by Gasteiger charge is -2.40. The summed E-state index contributed by atoms with van der Waals surface area (Å²) in [7, 11) is 0. The summed E-state index contributed by atoms with van der Waals surface area (Å²) in [6, 6.07) is 0.762. The van der Waals surface area contributed by atoms with Crippen LogP contribution in [0, 0.1) is 5.92 Å². The minimum absolute atomic E-state index is 0.00689. The van der Waals surface area contributed by atoms with E-state index in [-0.39, 0.29) is 5.69 Å². The van der Waals surface area contributed by atoms with Crippen LogP contribution in [0.25, 0.3) is 0 Å². The minimum atomic E-state index is -1.03. The lowest BCUT2D eigenvalue weighted by atomic mass is 9.90. The van der Waals surface area contributed by atoms with E-state index in [9.17, 15) is 4.79 Å². The Labute approximate surface area is 137 Å². The molecule has 1 saturated carbocycles. The van der Waals surface area contributed by atoms with E-state index < -0.39 is 5.97 Å². The summed E-state index contributed by atoms with van der Waals surface area (Å²) in [6.07, 6.45) is 12.2. The van der Waals surface area contributed by atoms with Crippen LogP contribution in [-0.2, 0) is 0 Å². The number of carboxylic acid groups (broad SMARTS) is 1. The summed E-state index contributed by atoms with van der Waals surface area (Å²) < 4.78 is 0. The molecule has 1 aliphatic carbocycles. The second kappa shape index (κ2) is 7.73. The first-order chi connectivity index (χ1) is 11.2. The molecule has 1 aliphatic heterocycles. The van der Waals surface area contributed by atoms with Crippen molar-refractivity contribution in [3.05, 3.63) is 18.1 Å². The second-order valence-corrected chi connectivity index (χ2v) is 6.73. The summed E-state index contributed by atoms with van der Waals surface area (Å²) in [5.74, 6) is -0.0998. The standard InChI is InChI=1S/C17H26N4O2/c22-17(23)15-16(19-9-8-18-15)20-11-13-5-4-10-21(12-13)14-6-2-1-3-7-14/h8-9,13-14H,1-7,10-12H2,(H,19,20)(H,22,23). The van der Waals surface area contributed by atoms with Crippen molar-refractivity contribution in [2.24, 2.45) is 5.92 Å². The number of nitrogens with one attached hydrogen (secondary N) is 1. The molecule has 1 atom stereocenters. The van der Waals surface area contributed by atoms with E-state index in [4.69, 9.17) is 5.11 Å². The zero-order chi connectivity index (χ0) is 16.1.